The molecule has 0 aliphatic carbocycles. The van der Waals surface area contributed by atoms with Crippen LogP contribution in [-0.2, 0) is 11.3 Å². The summed E-state index contributed by atoms with van der Waals surface area (Å²) in [5.41, 5.74) is 2.50. The summed E-state index contributed by atoms with van der Waals surface area (Å²) in [6.07, 6.45) is 0. The Morgan fingerprint density at radius 3 is 2.61 bits per heavy atom. The lowest BCUT2D eigenvalue weighted by atomic mass is 10.3. The molecule has 0 saturated carbocycles. The number of carboxylic acid groups (broad SMARTS) is 1. The number of carbonyl (C=O) groups excluding carboxylic acids is 1. The normalized spacial score (nSPS) is 10.4. The summed E-state index contributed by atoms with van der Waals surface area (Å²) in [5.74, 6) is -1.01. The average Bonchev–Trinajstić information content (AvgIpc) is 2.77. The molecular formula is C11H17N3O3S. The molecule has 0 atom stereocenters. The van der Waals surface area contributed by atoms with Crippen molar-refractivity contribution in [3.63, 3.8) is 0 Å². The minimum absolute atomic E-state index is 0.161. The van der Waals surface area contributed by atoms with Crippen molar-refractivity contribution in [3.8, 4) is 0 Å². The molecule has 18 heavy (non-hydrogen) atoms. The number of thiazole rings is 1. The highest BCUT2D eigenvalue weighted by Gasteiger charge is 2.23. The number of aliphatic carboxylic acids is 1. The molecule has 6 nitrogen and oxygen atoms in total. The summed E-state index contributed by atoms with van der Waals surface area (Å²) < 4.78 is 0. The lowest BCUT2D eigenvalue weighted by molar-refractivity contribution is -0.138. The zero-order valence-corrected chi connectivity index (χ0v) is 11.5. The molecule has 1 heterocycles. The Balaban J connectivity index is 2.67. The third-order valence-corrected chi connectivity index (χ3v) is 3.02. The van der Waals surface area contributed by atoms with E-state index in [1.54, 1.807) is 26.4 Å². The summed E-state index contributed by atoms with van der Waals surface area (Å²) >= 11 is 1.46. The van der Waals surface area contributed by atoms with Crippen LogP contribution in [0, 0.1) is 0 Å². The molecule has 1 N–H and O–H groups in total. The van der Waals surface area contributed by atoms with E-state index < -0.39 is 5.97 Å². The van der Waals surface area contributed by atoms with Gasteiger partial charge in [0.05, 0.1) is 17.7 Å². The van der Waals surface area contributed by atoms with E-state index in [1.165, 1.54) is 21.1 Å². The maximum Gasteiger partial charge on any atom is 0.323 e. The summed E-state index contributed by atoms with van der Waals surface area (Å²) in [7, 11) is 1.64. The third kappa shape index (κ3) is 3.99. The fourth-order valence-corrected chi connectivity index (χ4v) is 2.01. The standard InChI is InChI=1S/C11H17N3O3S/c1-8(2)14(5-10(15)16)11(17)13(3)4-9-6-18-7-12-9/h6-8H,4-5H2,1-3H3,(H,15,16). The Labute approximate surface area is 110 Å². The van der Waals surface area contributed by atoms with Crippen molar-refractivity contribution in [1.82, 2.24) is 14.8 Å². The molecule has 1 aromatic rings. The van der Waals surface area contributed by atoms with Crippen LogP contribution in [0.2, 0.25) is 0 Å². The number of hydrogen-bond acceptors (Lipinski definition) is 4. The molecule has 0 bridgehead atoms. The van der Waals surface area contributed by atoms with Gasteiger partial charge in [-0.2, -0.15) is 0 Å². The quantitative estimate of drug-likeness (QED) is 0.880. The number of aromatic nitrogens is 1. The number of amides is 2. The second-order valence-corrected chi connectivity index (χ2v) is 4.95. The van der Waals surface area contributed by atoms with Gasteiger partial charge in [0.15, 0.2) is 0 Å². The highest BCUT2D eigenvalue weighted by molar-refractivity contribution is 7.07. The largest absolute Gasteiger partial charge is 0.480 e. The minimum atomic E-state index is -1.01. The fourth-order valence-electron chi connectivity index (χ4n) is 1.46. The third-order valence-electron chi connectivity index (χ3n) is 2.38. The molecule has 0 aliphatic heterocycles. The van der Waals surface area contributed by atoms with Crippen molar-refractivity contribution in [2.75, 3.05) is 13.6 Å². The van der Waals surface area contributed by atoms with Crippen LogP contribution in [-0.4, -0.2) is 51.5 Å². The van der Waals surface area contributed by atoms with Crippen LogP contribution in [0.15, 0.2) is 10.9 Å². The fraction of sp³-hybridized carbons (Fsp3) is 0.545. The van der Waals surface area contributed by atoms with E-state index in [-0.39, 0.29) is 18.6 Å². The SMILES string of the molecule is CC(C)N(CC(=O)O)C(=O)N(C)Cc1cscn1. The minimum Gasteiger partial charge on any atom is -0.480 e. The van der Waals surface area contributed by atoms with E-state index in [2.05, 4.69) is 4.98 Å². The second kappa shape index (κ2) is 6.34. The van der Waals surface area contributed by atoms with E-state index in [0.29, 0.717) is 6.54 Å². The molecular weight excluding hydrogens is 254 g/mol. The maximum atomic E-state index is 12.1. The molecule has 0 aromatic carbocycles. The number of hydrogen-bond donors (Lipinski definition) is 1. The number of carboxylic acids is 1. The van der Waals surface area contributed by atoms with Gasteiger partial charge in [-0.05, 0) is 13.8 Å². The molecule has 2 amide bonds. The Morgan fingerprint density at radius 1 is 1.50 bits per heavy atom. The Kier molecular flexibility index (Phi) is 5.08. The highest BCUT2D eigenvalue weighted by Crippen LogP contribution is 2.08. The first-order chi connectivity index (χ1) is 8.41. The van der Waals surface area contributed by atoms with Gasteiger partial charge in [0.1, 0.15) is 6.54 Å². The smallest absolute Gasteiger partial charge is 0.323 e. The lowest BCUT2D eigenvalue weighted by Crippen LogP contribution is -2.46. The van der Waals surface area contributed by atoms with E-state index in [4.69, 9.17) is 5.11 Å². The predicted octanol–water partition coefficient (Wildman–Crippen LogP) is 1.49. The van der Waals surface area contributed by atoms with Gasteiger partial charge in [0.2, 0.25) is 0 Å². The molecule has 7 heteroatoms. The Morgan fingerprint density at radius 2 is 2.17 bits per heavy atom. The van der Waals surface area contributed by atoms with E-state index >= 15 is 0 Å². The van der Waals surface area contributed by atoms with Gasteiger partial charge in [0, 0.05) is 18.5 Å². The van der Waals surface area contributed by atoms with Crippen molar-refractivity contribution in [2.24, 2.45) is 0 Å². The molecule has 0 aliphatic rings. The van der Waals surface area contributed by atoms with Gasteiger partial charge < -0.3 is 14.9 Å². The molecule has 0 fully saturated rings. The van der Waals surface area contributed by atoms with Crippen LogP contribution >= 0.6 is 11.3 Å². The topological polar surface area (TPSA) is 73.7 Å². The van der Waals surface area contributed by atoms with Crippen molar-refractivity contribution in [1.29, 1.82) is 0 Å². The van der Waals surface area contributed by atoms with Crippen molar-refractivity contribution in [3.05, 3.63) is 16.6 Å². The molecule has 1 rings (SSSR count). The molecule has 100 valence electrons. The maximum absolute atomic E-state index is 12.1. The first-order valence-corrected chi connectivity index (χ1v) is 6.46. The molecule has 0 unspecified atom stereocenters. The van der Waals surface area contributed by atoms with Gasteiger partial charge in [-0.15, -0.1) is 11.3 Å². The molecule has 0 saturated heterocycles. The first-order valence-electron chi connectivity index (χ1n) is 5.52. The Bertz CT molecular complexity index is 406. The highest BCUT2D eigenvalue weighted by atomic mass is 32.1. The lowest BCUT2D eigenvalue weighted by Gasteiger charge is -2.29. The van der Waals surface area contributed by atoms with Crippen molar-refractivity contribution < 1.29 is 14.7 Å². The zero-order valence-electron chi connectivity index (χ0n) is 10.7. The van der Waals surface area contributed by atoms with Gasteiger partial charge >= 0.3 is 12.0 Å². The van der Waals surface area contributed by atoms with Gasteiger partial charge in [-0.25, -0.2) is 9.78 Å². The van der Waals surface area contributed by atoms with Crippen molar-refractivity contribution >= 4 is 23.3 Å². The summed E-state index contributed by atoms with van der Waals surface area (Å²) in [6, 6.07) is -0.466. The summed E-state index contributed by atoms with van der Waals surface area (Å²) in [4.78, 5) is 29.7. The molecule has 0 spiro atoms. The number of rotatable bonds is 5. The van der Waals surface area contributed by atoms with E-state index in [0.717, 1.165) is 5.69 Å². The molecule has 1 aromatic heterocycles. The van der Waals surface area contributed by atoms with Crippen LogP contribution in [0.5, 0.6) is 0 Å². The monoisotopic (exact) mass is 271 g/mol. The summed E-state index contributed by atoms with van der Waals surface area (Å²) in [5, 5.41) is 10.7. The predicted molar refractivity (Wildman–Crippen MR) is 68.5 cm³/mol. The van der Waals surface area contributed by atoms with E-state index in [1.807, 2.05) is 5.38 Å². The van der Waals surface area contributed by atoms with Gasteiger partial charge in [-0.3, -0.25) is 4.79 Å². The Hall–Kier alpha value is -1.63. The number of nitrogens with zero attached hydrogens (tertiary/aromatic N) is 3. The van der Waals surface area contributed by atoms with Crippen LogP contribution < -0.4 is 0 Å². The second-order valence-electron chi connectivity index (χ2n) is 4.23. The molecule has 0 radical (unpaired) electrons. The van der Waals surface area contributed by atoms with Crippen LogP contribution in [0.4, 0.5) is 4.79 Å². The number of urea groups is 1. The summed E-state index contributed by atoms with van der Waals surface area (Å²) in [6.45, 7) is 3.66. The zero-order chi connectivity index (χ0) is 13.7. The average molecular weight is 271 g/mol. The van der Waals surface area contributed by atoms with Crippen LogP contribution in [0.25, 0.3) is 0 Å². The van der Waals surface area contributed by atoms with Crippen LogP contribution in [0.1, 0.15) is 19.5 Å². The van der Waals surface area contributed by atoms with Gasteiger partial charge in [0.25, 0.3) is 0 Å². The van der Waals surface area contributed by atoms with Crippen LogP contribution in [0.3, 0.4) is 0 Å². The first kappa shape index (κ1) is 14.4. The number of carbonyl (C=O) groups is 2. The van der Waals surface area contributed by atoms with Crippen molar-refractivity contribution in [2.45, 2.75) is 26.4 Å². The van der Waals surface area contributed by atoms with E-state index in [9.17, 15) is 9.59 Å². The van der Waals surface area contributed by atoms with Gasteiger partial charge in [-0.1, -0.05) is 0 Å².